The molecule has 0 unspecified atom stereocenters. The van der Waals surface area contributed by atoms with Crippen LogP contribution in [0.5, 0.6) is 0 Å². The SMILES string of the molecule is Fc1c(F)c(F)c2c(c1F)c(F)[c]([Mg][Cl])c1c(F)c(F)c(F)c(F)c12. The van der Waals surface area contributed by atoms with Gasteiger partial charge in [0, 0.05) is 16.2 Å². The molecule has 0 amide bonds. The molecule has 0 bridgehead atoms. The summed E-state index contributed by atoms with van der Waals surface area (Å²) in [6, 6.07) is 0. The van der Waals surface area contributed by atoms with Crippen molar-refractivity contribution in [1.82, 2.24) is 0 Å². The highest BCUT2D eigenvalue weighted by Crippen LogP contribution is 2.37. The zero-order valence-corrected chi connectivity index (χ0v) is 13.7. The van der Waals surface area contributed by atoms with Crippen molar-refractivity contribution in [2.45, 2.75) is 0 Å². The van der Waals surface area contributed by atoms with Gasteiger partial charge in [0.2, 0.25) is 0 Å². The van der Waals surface area contributed by atoms with E-state index >= 15 is 0 Å². The molecule has 0 atom stereocenters. The standard InChI is InChI=1S/C14F9.ClH.Mg/c15-3-1-2-4(8(17)12(21)11(20)7(2)16)6-5(3)9(18)13(22)14(23)10(6)19;;/h;1H;/q;;+1/p-1. The first kappa shape index (κ1) is 18.4. The van der Waals surface area contributed by atoms with Crippen molar-refractivity contribution in [1.29, 1.82) is 0 Å². The maximum Gasteiger partial charge on any atom is 0.543 e. The summed E-state index contributed by atoms with van der Waals surface area (Å²) in [5, 5.41) is -5.92. The molecule has 0 fully saturated rings. The van der Waals surface area contributed by atoms with Crippen LogP contribution in [-0.4, -0.2) is 19.3 Å². The molecule has 0 aliphatic carbocycles. The largest absolute Gasteiger partial charge is 0.543 e. The van der Waals surface area contributed by atoms with Gasteiger partial charge in [0.05, 0.1) is 5.39 Å². The highest BCUT2D eigenvalue weighted by molar-refractivity contribution is 7.02. The van der Waals surface area contributed by atoms with E-state index in [1.807, 2.05) is 0 Å². The molecule has 0 aromatic heterocycles. The lowest BCUT2D eigenvalue weighted by Crippen LogP contribution is -2.21. The van der Waals surface area contributed by atoms with Gasteiger partial charge >= 0.3 is 19.3 Å². The normalized spacial score (nSPS) is 11.4. The molecule has 11 heteroatoms. The molecule has 0 nitrogen and oxygen atoms in total. The molecule has 3 aromatic rings. The zero-order chi connectivity index (χ0) is 18.8. The monoisotopic (exact) mass is 398 g/mol. The fourth-order valence-corrected chi connectivity index (χ4v) is 4.12. The van der Waals surface area contributed by atoms with E-state index in [1.54, 1.807) is 0 Å². The third-order valence-electron chi connectivity index (χ3n) is 3.70. The van der Waals surface area contributed by atoms with Crippen LogP contribution in [0.15, 0.2) is 0 Å². The first-order valence-electron chi connectivity index (χ1n) is 6.32. The molecule has 0 radical (unpaired) electrons. The minimum atomic E-state index is -2.45. The van der Waals surface area contributed by atoms with Gasteiger partial charge in [-0.05, 0) is 0 Å². The van der Waals surface area contributed by atoms with Gasteiger partial charge in [0.25, 0.3) is 0 Å². The van der Waals surface area contributed by atoms with Crippen molar-refractivity contribution in [3.63, 3.8) is 0 Å². The van der Waals surface area contributed by atoms with Gasteiger partial charge in [-0.25, -0.2) is 39.5 Å². The molecule has 0 saturated heterocycles. The van der Waals surface area contributed by atoms with E-state index in [9.17, 15) is 39.5 Å². The number of rotatable bonds is 1. The van der Waals surface area contributed by atoms with Crippen LogP contribution in [0, 0.1) is 52.4 Å². The van der Waals surface area contributed by atoms with Crippen molar-refractivity contribution in [3.05, 3.63) is 52.4 Å². The number of benzene rings is 3. The minimum Gasteiger partial charge on any atom is -0.335 e. The molecule has 0 aliphatic heterocycles. The summed E-state index contributed by atoms with van der Waals surface area (Å²) in [5.41, 5.74) is 0. The van der Waals surface area contributed by atoms with E-state index in [0.717, 1.165) is 0 Å². The van der Waals surface area contributed by atoms with Crippen molar-refractivity contribution in [3.8, 4) is 0 Å². The summed E-state index contributed by atoms with van der Waals surface area (Å²) in [5.74, 6) is -20.3. The van der Waals surface area contributed by atoms with Gasteiger partial charge in [0.15, 0.2) is 46.5 Å². The average Bonchev–Trinajstić information content (AvgIpc) is 2.59. The summed E-state index contributed by atoms with van der Waals surface area (Å²) in [6.07, 6.45) is 0. The van der Waals surface area contributed by atoms with Crippen LogP contribution in [0.25, 0.3) is 21.5 Å². The third kappa shape index (κ3) is 2.30. The first-order chi connectivity index (χ1) is 11.6. The Morgan fingerprint density at radius 3 is 1.12 bits per heavy atom. The Labute approximate surface area is 145 Å². The fourth-order valence-electron chi connectivity index (χ4n) is 2.61. The van der Waals surface area contributed by atoms with E-state index in [0.29, 0.717) is 0 Å². The molecule has 0 spiro atoms. The molecule has 0 N–H and O–H groups in total. The molecule has 3 rings (SSSR count). The smallest absolute Gasteiger partial charge is 0.335 e. The van der Waals surface area contributed by atoms with Crippen molar-refractivity contribution < 1.29 is 39.5 Å². The van der Waals surface area contributed by atoms with Crippen LogP contribution >= 0.6 is 9.07 Å². The number of halogens is 10. The summed E-state index contributed by atoms with van der Waals surface area (Å²) in [6.45, 7) is 0. The molecule has 0 heterocycles. The van der Waals surface area contributed by atoms with Crippen LogP contribution in [0.3, 0.4) is 0 Å². The van der Waals surface area contributed by atoms with Gasteiger partial charge in [-0.1, -0.05) is 3.69 Å². The van der Waals surface area contributed by atoms with Crippen molar-refractivity contribution in [2.75, 3.05) is 0 Å². The number of fused-ring (bicyclic) bond motifs is 3. The van der Waals surface area contributed by atoms with E-state index in [-0.39, 0.29) is 0 Å². The summed E-state index contributed by atoms with van der Waals surface area (Å²) in [4.78, 5) is 0. The summed E-state index contributed by atoms with van der Waals surface area (Å²) in [7, 11) is 5.50. The highest BCUT2D eigenvalue weighted by Gasteiger charge is 2.32. The van der Waals surface area contributed by atoms with Crippen LogP contribution in [0.2, 0.25) is 0 Å². The second-order valence-electron chi connectivity index (χ2n) is 4.94. The lowest BCUT2D eigenvalue weighted by Gasteiger charge is -2.15. The average molecular weight is 399 g/mol. The molecule has 0 aliphatic rings. The fraction of sp³-hybridized carbons (Fsp3) is 0. The molecule has 25 heavy (non-hydrogen) atoms. The maximum absolute atomic E-state index is 14.4. The lowest BCUT2D eigenvalue weighted by atomic mass is 9.98. The Morgan fingerprint density at radius 2 is 0.720 bits per heavy atom. The second kappa shape index (κ2) is 6.10. The van der Waals surface area contributed by atoms with Crippen LogP contribution in [0.1, 0.15) is 0 Å². The molecular formula is C14ClF9Mg. The molecule has 0 saturated carbocycles. The van der Waals surface area contributed by atoms with Crippen LogP contribution < -0.4 is 3.69 Å². The van der Waals surface area contributed by atoms with Gasteiger partial charge in [-0.2, -0.15) is 0 Å². The Kier molecular flexibility index (Phi) is 4.49. The number of hydrogen-bond acceptors (Lipinski definition) is 0. The Hall–Kier alpha value is -1.39. The van der Waals surface area contributed by atoms with Crippen molar-refractivity contribution >= 4 is 53.6 Å². The predicted molar refractivity (Wildman–Crippen MR) is 72.3 cm³/mol. The first-order valence-corrected chi connectivity index (χ1v) is 9.17. The van der Waals surface area contributed by atoms with Gasteiger partial charge in [-0.15, -0.1) is 0 Å². The Morgan fingerprint density at radius 1 is 0.400 bits per heavy atom. The Bertz CT molecular complexity index is 1080. The summed E-state index contributed by atoms with van der Waals surface area (Å²) < 4.78 is 123. The molecular weight excluding hydrogens is 399 g/mol. The summed E-state index contributed by atoms with van der Waals surface area (Å²) >= 11 is -2.37. The topological polar surface area (TPSA) is 0 Å². The quantitative estimate of drug-likeness (QED) is 0.183. The van der Waals surface area contributed by atoms with Crippen LogP contribution in [0.4, 0.5) is 39.5 Å². The minimum absolute atomic E-state index is 0.941. The van der Waals surface area contributed by atoms with E-state index in [2.05, 4.69) is 0 Å². The third-order valence-corrected chi connectivity index (χ3v) is 5.44. The molecule has 128 valence electrons. The van der Waals surface area contributed by atoms with Gasteiger partial charge in [0.1, 0.15) is 5.82 Å². The maximum atomic E-state index is 14.4. The highest BCUT2D eigenvalue weighted by atomic mass is 35.5. The Balaban J connectivity index is 2.87. The molecule has 3 aromatic carbocycles. The lowest BCUT2D eigenvalue weighted by molar-refractivity contribution is 0.413. The van der Waals surface area contributed by atoms with E-state index in [1.165, 1.54) is 0 Å². The predicted octanol–water partition coefficient (Wildman–Crippen LogP) is 4.73. The van der Waals surface area contributed by atoms with Gasteiger partial charge < -0.3 is 9.07 Å². The van der Waals surface area contributed by atoms with E-state index in [4.69, 9.17) is 9.07 Å². The number of hydrogen-bond donors (Lipinski definition) is 0. The van der Waals surface area contributed by atoms with Gasteiger partial charge in [-0.3, -0.25) is 0 Å². The van der Waals surface area contributed by atoms with Crippen LogP contribution in [-0.2, 0) is 0 Å². The second-order valence-corrected chi connectivity index (χ2v) is 6.71. The van der Waals surface area contributed by atoms with E-state index < -0.39 is 96.9 Å². The zero-order valence-electron chi connectivity index (χ0n) is 11.5. The van der Waals surface area contributed by atoms with Crippen molar-refractivity contribution in [2.24, 2.45) is 0 Å².